The van der Waals surface area contributed by atoms with Crippen molar-refractivity contribution in [3.63, 3.8) is 0 Å². The van der Waals surface area contributed by atoms with E-state index < -0.39 is 0 Å². The molecular formula is C23H23N5O3. The maximum absolute atomic E-state index is 5.76. The average Bonchev–Trinajstić information content (AvgIpc) is 3.28. The fourth-order valence-corrected chi connectivity index (χ4v) is 3.03. The fourth-order valence-electron chi connectivity index (χ4n) is 3.03. The van der Waals surface area contributed by atoms with E-state index >= 15 is 0 Å². The van der Waals surface area contributed by atoms with Crippen molar-refractivity contribution in [2.75, 3.05) is 26.1 Å². The minimum Gasteiger partial charge on any atom is -0.497 e. The third-order valence-electron chi connectivity index (χ3n) is 4.57. The van der Waals surface area contributed by atoms with Crippen LogP contribution in [0.3, 0.4) is 0 Å². The van der Waals surface area contributed by atoms with Crippen molar-refractivity contribution >= 4 is 11.4 Å². The van der Waals surface area contributed by atoms with Crippen molar-refractivity contribution in [3.8, 4) is 28.6 Å². The standard InChI is InChI=1S/C23H23N5O3/c1-29-18-8-5-7-17(15-18)24-22-12-4-3-11-21(22)23-25-27-28(26-23)13-14-31-20-10-6-9-19(16-20)30-2/h3-12,15-16,24H,13-14H2,1-2H3. The van der Waals surface area contributed by atoms with Gasteiger partial charge >= 0.3 is 0 Å². The number of rotatable bonds is 9. The molecule has 0 aliphatic carbocycles. The molecule has 0 aliphatic heterocycles. The number of aromatic nitrogens is 4. The predicted molar refractivity (Wildman–Crippen MR) is 118 cm³/mol. The number of nitrogens with one attached hydrogen (secondary N) is 1. The molecule has 158 valence electrons. The second-order valence-electron chi connectivity index (χ2n) is 6.64. The van der Waals surface area contributed by atoms with Crippen LogP contribution in [0.5, 0.6) is 17.2 Å². The van der Waals surface area contributed by atoms with Gasteiger partial charge < -0.3 is 19.5 Å². The zero-order chi connectivity index (χ0) is 21.5. The van der Waals surface area contributed by atoms with E-state index in [1.54, 1.807) is 14.2 Å². The number of methoxy groups -OCH3 is 2. The van der Waals surface area contributed by atoms with Gasteiger partial charge in [-0.1, -0.05) is 24.3 Å². The van der Waals surface area contributed by atoms with Gasteiger partial charge in [-0.05, 0) is 41.6 Å². The summed E-state index contributed by atoms with van der Waals surface area (Å²) in [5.41, 5.74) is 2.64. The van der Waals surface area contributed by atoms with Crippen LogP contribution in [0, 0.1) is 0 Å². The SMILES string of the molecule is COc1cccc(Nc2ccccc2-c2nnn(CCOc3cccc(OC)c3)n2)c1. The second kappa shape index (κ2) is 9.62. The Kier molecular flexibility index (Phi) is 6.27. The topological polar surface area (TPSA) is 83.3 Å². The third kappa shape index (κ3) is 5.11. The Hall–Kier alpha value is -4.07. The van der Waals surface area contributed by atoms with Crippen LogP contribution in [-0.2, 0) is 6.54 Å². The molecule has 0 bridgehead atoms. The molecule has 1 heterocycles. The molecule has 4 rings (SSSR count). The highest BCUT2D eigenvalue weighted by Crippen LogP contribution is 2.28. The van der Waals surface area contributed by atoms with Gasteiger partial charge in [0.1, 0.15) is 23.9 Å². The molecule has 0 radical (unpaired) electrons. The minimum atomic E-state index is 0.409. The molecule has 0 amide bonds. The van der Waals surface area contributed by atoms with Crippen molar-refractivity contribution in [3.05, 3.63) is 72.8 Å². The summed E-state index contributed by atoms with van der Waals surface area (Å²) in [5.74, 6) is 2.79. The first-order valence-corrected chi connectivity index (χ1v) is 9.80. The Balaban J connectivity index is 1.44. The lowest BCUT2D eigenvalue weighted by atomic mass is 10.1. The van der Waals surface area contributed by atoms with Crippen molar-refractivity contribution in [2.24, 2.45) is 0 Å². The number of ether oxygens (including phenoxy) is 3. The maximum Gasteiger partial charge on any atom is 0.207 e. The summed E-state index contributed by atoms with van der Waals surface area (Å²) in [6.07, 6.45) is 0. The summed E-state index contributed by atoms with van der Waals surface area (Å²) < 4.78 is 16.3. The Morgan fingerprint density at radius 3 is 2.42 bits per heavy atom. The Bertz CT molecular complexity index is 1150. The van der Waals surface area contributed by atoms with E-state index in [2.05, 4.69) is 20.7 Å². The minimum absolute atomic E-state index is 0.409. The fraction of sp³-hybridized carbons (Fsp3) is 0.174. The first-order chi connectivity index (χ1) is 15.2. The number of hydrogen-bond donors (Lipinski definition) is 1. The average molecular weight is 417 g/mol. The lowest BCUT2D eigenvalue weighted by Crippen LogP contribution is -2.11. The summed E-state index contributed by atoms with van der Waals surface area (Å²) in [6, 6.07) is 23.0. The van der Waals surface area contributed by atoms with Crippen molar-refractivity contribution in [1.82, 2.24) is 20.2 Å². The second-order valence-corrected chi connectivity index (χ2v) is 6.64. The summed E-state index contributed by atoms with van der Waals surface area (Å²) in [4.78, 5) is 1.53. The van der Waals surface area contributed by atoms with E-state index in [9.17, 15) is 0 Å². The van der Waals surface area contributed by atoms with Crippen LogP contribution in [0.25, 0.3) is 11.4 Å². The summed E-state index contributed by atoms with van der Waals surface area (Å²) in [7, 11) is 3.27. The van der Waals surface area contributed by atoms with Crippen LogP contribution in [0.4, 0.5) is 11.4 Å². The maximum atomic E-state index is 5.76. The summed E-state index contributed by atoms with van der Waals surface area (Å²) >= 11 is 0. The highest BCUT2D eigenvalue weighted by atomic mass is 16.5. The molecule has 3 aromatic carbocycles. The molecule has 0 unspecified atom stereocenters. The molecule has 31 heavy (non-hydrogen) atoms. The van der Waals surface area contributed by atoms with Crippen LogP contribution >= 0.6 is 0 Å². The van der Waals surface area contributed by atoms with Gasteiger partial charge in [0.15, 0.2) is 0 Å². The molecule has 8 heteroatoms. The Morgan fingerprint density at radius 1 is 0.839 bits per heavy atom. The van der Waals surface area contributed by atoms with E-state index in [1.165, 1.54) is 4.80 Å². The smallest absolute Gasteiger partial charge is 0.207 e. The van der Waals surface area contributed by atoms with Gasteiger partial charge in [-0.2, -0.15) is 4.80 Å². The van der Waals surface area contributed by atoms with Gasteiger partial charge in [-0.3, -0.25) is 0 Å². The third-order valence-corrected chi connectivity index (χ3v) is 4.57. The van der Waals surface area contributed by atoms with Crippen molar-refractivity contribution in [2.45, 2.75) is 6.54 Å². The lowest BCUT2D eigenvalue weighted by Gasteiger charge is -2.11. The molecule has 0 saturated carbocycles. The van der Waals surface area contributed by atoms with Gasteiger partial charge in [-0.25, -0.2) is 0 Å². The molecule has 0 atom stereocenters. The monoisotopic (exact) mass is 417 g/mol. The number of hydrogen-bond acceptors (Lipinski definition) is 7. The number of tetrazole rings is 1. The van der Waals surface area contributed by atoms with Crippen LogP contribution in [0.1, 0.15) is 0 Å². The van der Waals surface area contributed by atoms with E-state index in [4.69, 9.17) is 14.2 Å². The van der Waals surface area contributed by atoms with E-state index in [-0.39, 0.29) is 0 Å². The largest absolute Gasteiger partial charge is 0.497 e. The molecule has 0 aliphatic rings. The van der Waals surface area contributed by atoms with Gasteiger partial charge in [0.25, 0.3) is 0 Å². The van der Waals surface area contributed by atoms with Gasteiger partial charge in [0.2, 0.25) is 5.82 Å². The predicted octanol–water partition coefficient (Wildman–Crippen LogP) is 4.18. The molecule has 4 aromatic rings. The molecule has 8 nitrogen and oxygen atoms in total. The van der Waals surface area contributed by atoms with Crippen LogP contribution in [0.15, 0.2) is 72.8 Å². The number of benzene rings is 3. The Labute approximate surface area is 180 Å². The van der Waals surface area contributed by atoms with Crippen LogP contribution in [-0.4, -0.2) is 41.0 Å². The summed E-state index contributed by atoms with van der Waals surface area (Å²) in [5, 5.41) is 16.3. The first-order valence-electron chi connectivity index (χ1n) is 9.80. The van der Waals surface area contributed by atoms with Crippen molar-refractivity contribution in [1.29, 1.82) is 0 Å². The van der Waals surface area contributed by atoms with Crippen molar-refractivity contribution < 1.29 is 14.2 Å². The van der Waals surface area contributed by atoms with E-state index in [0.717, 1.165) is 34.2 Å². The highest BCUT2D eigenvalue weighted by molar-refractivity contribution is 5.77. The van der Waals surface area contributed by atoms with Crippen LogP contribution < -0.4 is 19.5 Å². The van der Waals surface area contributed by atoms with Crippen LogP contribution in [0.2, 0.25) is 0 Å². The van der Waals surface area contributed by atoms with E-state index in [0.29, 0.717) is 19.0 Å². The number of para-hydroxylation sites is 1. The first kappa shape index (κ1) is 20.2. The molecule has 1 aromatic heterocycles. The molecule has 0 saturated heterocycles. The molecule has 0 fully saturated rings. The van der Waals surface area contributed by atoms with Gasteiger partial charge in [0, 0.05) is 29.1 Å². The lowest BCUT2D eigenvalue weighted by molar-refractivity contribution is 0.279. The zero-order valence-corrected chi connectivity index (χ0v) is 17.4. The number of anilines is 2. The Morgan fingerprint density at radius 2 is 1.58 bits per heavy atom. The highest BCUT2D eigenvalue weighted by Gasteiger charge is 2.11. The number of nitrogens with zero attached hydrogens (tertiary/aromatic N) is 4. The molecule has 0 spiro atoms. The van der Waals surface area contributed by atoms with E-state index in [1.807, 2.05) is 72.8 Å². The van der Waals surface area contributed by atoms with Gasteiger partial charge in [0.05, 0.1) is 20.8 Å². The summed E-state index contributed by atoms with van der Waals surface area (Å²) in [6.45, 7) is 0.877. The normalized spacial score (nSPS) is 10.5. The molecular weight excluding hydrogens is 394 g/mol. The zero-order valence-electron chi connectivity index (χ0n) is 17.4. The van der Waals surface area contributed by atoms with Gasteiger partial charge in [-0.15, -0.1) is 10.2 Å². The quantitative estimate of drug-likeness (QED) is 0.437. The molecule has 1 N–H and O–H groups in total.